The Morgan fingerprint density at radius 1 is 1.53 bits per heavy atom. The highest BCUT2D eigenvalue weighted by Crippen LogP contribution is 2.05. The van der Waals surface area contributed by atoms with Crippen LogP contribution in [0.4, 0.5) is 0 Å². The number of nitrogens with one attached hydrogen (secondary N) is 1. The van der Waals surface area contributed by atoms with Gasteiger partial charge in [0.2, 0.25) is 5.91 Å². The monoisotopic (exact) mass is 299 g/mol. The fourth-order valence-corrected chi connectivity index (χ4v) is 1.96. The summed E-state index contributed by atoms with van der Waals surface area (Å²) in [6.45, 7) is 2.54. The average molecular weight is 300 g/mol. The van der Waals surface area contributed by atoms with E-state index >= 15 is 0 Å². The third-order valence-electron chi connectivity index (χ3n) is 2.37. The fraction of sp³-hybridized carbons (Fsp3) is 0.462. The SMILES string of the molecule is COCC(CBr)NC(=O)Cc1cccc(C)c1. The van der Waals surface area contributed by atoms with Crippen molar-refractivity contribution < 1.29 is 9.53 Å². The quantitative estimate of drug-likeness (QED) is 0.817. The Balaban J connectivity index is 2.49. The van der Waals surface area contributed by atoms with Crippen LogP contribution in [-0.2, 0) is 16.0 Å². The third-order valence-corrected chi connectivity index (χ3v) is 3.15. The number of aryl methyl sites for hydroxylation is 1. The van der Waals surface area contributed by atoms with E-state index in [1.165, 1.54) is 5.56 Å². The van der Waals surface area contributed by atoms with Crippen molar-refractivity contribution in [3.05, 3.63) is 35.4 Å². The van der Waals surface area contributed by atoms with Crippen molar-refractivity contribution in [3.8, 4) is 0 Å². The van der Waals surface area contributed by atoms with Crippen LogP contribution in [0.5, 0.6) is 0 Å². The Kier molecular flexibility index (Phi) is 6.22. The second-order valence-corrected chi connectivity index (χ2v) is 4.69. The molecule has 0 fully saturated rings. The third kappa shape index (κ3) is 5.33. The van der Waals surface area contributed by atoms with Crippen molar-refractivity contribution >= 4 is 21.8 Å². The summed E-state index contributed by atoms with van der Waals surface area (Å²) >= 11 is 3.35. The Labute approximate surface area is 111 Å². The van der Waals surface area contributed by atoms with Crippen molar-refractivity contribution in [1.29, 1.82) is 0 Å². The van der Waals surface area contributed by atoms with Crippen LogP contribution < -0.4 is 5.32 Å². The van der Waals surface area contributed by atoms with Crippen LogP contribution in [0, 0.1) is 6.92 Å². The number of benzene rings is 1. The summed E-state index contributed by atoms with van der Waals surface area (Å²) < 4.78 is 5.02. The molecule has 1 rings (SSSR count). The lowest BCUT2D eigenvalue weighted by Gasteiger charge is -2.15. The fourth-order valence-electron chi connectivity index (χ4n) is 1.61. The first-order valence-corrected chi connectivity index (χ1v) is 6.67. The van der Waals surface area contributed by atoms with Gasteiger partial charge in [0.1, 0.15) is 0 Å². The maximum Gasteiger partial charge on any atom is 0.224 e. The van der Waals surface area contributed by atoms with E-state index in [0.717, 1.165) is 5.56 Å². The highest BCUT2D eigenvalue weighted by molar-refractivity contribution is 9.09. The number of ether oxygens (including phenoxy) is 1. The number of halogens is 1. The Bertz CT molecular complexity index is 368. The van der Waals surface area contributed by atoms with Crippen molar-refractivity contribution in [2.45, 2.75) is 19.4 Å². The van der Waals surface area contributed by atoms with Gasteiger partial charge in [-0.15, -0.1) is 0 Å². The summed E-state index contributed by atoms with van der Waals surface area (Å²) in [5.41, 5.74) is 2.21. The minimum absolute atomic E-state index is 0.0251. The number of rotatable bonds is 6. The summed E-state index contributed by atoms with van der Waals surface area (Å²) in [5, 5.41) is 3.62. The molecule has 1 unspecified atom stereocenters. The minimum atomic E-state index is 0.0251. The maximum absolute atomic E-state index is 11.8. The molecule has 1 aromatic rings. The van der Waals surface area contributed by atoms with E-state index in [4.69, 9.17) is 4.74 Å². The summed E-state index contributed by atoms with van der Waals surface area (Å²) in [6, 6.07) is 8.01. The van der Waals surface area contributed by atoms with Gasteiger partial charge < -0.3 is 10.1 Å². The van der Waals surface area contributed by atoms with Gasteiger partial charge in [0.05, 0.1) is 19.1 Å². The Hall–Kier alpha value is -0.870. The topological polar surface area (TPSA) is 38.3 Å². The molecule has 0 aliphatic rings. The van der Waals surface area contributed by atoms with E-state index in [0.29, 0.717) is 18.4 Å². The average Bonchev–Trinajstić information content (AvgIpc) is 2.28. The van der Waals surface area contributed by atoms with Gasteiger partial charge in [0, 0.05) is 12.4 Å². The summed E-state index contributed by atoms with van der Waals surface area (Å²) in [6.07, 6.45) is 0.412. The van der Waals surface area contributed by atoms with Crippen LogP contribution in [0.2, 0.25) is 0 Å². The molecule has 94 valence electrons. The molecule has 0 bridgehead atoms. The predicted molar refractivity (Wildman–Crippen MR) is 72.5 cm³/mol. The van der Waals surface area contributed by atoms with Gasteiger partial charge in [-0.25, -0.2) is 0 Å². The highest BCUT2D eigenvalue weighted by atomic mass is 79.9. The van der Waals surface area contributed by atoms with E-state index in [1.807, 2.05) is 31.2 Å². The summed E-state index contributed by atoms with van der Waals surface area (Å²) in [7, 11) is 1.63. The Morgan fingerprint density at radius 2 is 2.29 bits per heavy atom. The summed E-state index contributed by atoms with van der Waals surface area (Å²) in [4.78, 5) is 11.8. The molecule has 3 nitrogen and oxygen atoms in total. The van der Waals surface area contributed by atoms with Crippen LogP contribution >= 0.6 is 15.9 Å². The van der Waals surface area contributed by atoms with Gasteiger partial charge in [0.25, 0.3) is 0 Å². The molecule has 0 saturated carbocycles. The lowest BCUT2D eigenvalue weighted by Crippen LogP contribution is -2.40. The lowest BCUT2D eigenvalue weighted by atomic mass is 10.1. The zero-order valence-electron chi connectivity index (χ0n) is 10.2. The molecule has 17 heavy (non-hydrogen) atoms. The molecule has 0 aliphatic heterocycles. The first-order chi connectivity index (χ1) is 8.15. The number of carbonyl (C=O) groups excluding carboxylic acids is 1. The van der Waals surface area contributed by atoms with E-state index in [1.54, 1.807) is 7.11 Å². The van der Waals surface area contributed by atoms with E-state index in [-0.39, 0.29) is 11.9 Å². The Morgan fingerprint density at radius 3 is 2.88 bits per heavy atom. The first-order valence-electron chi connectivity index (χ1n) is 5.55. The second-order valence-electron chi connectivity index (χ2n) is 4.04. The molecule has 0 heterocycles. The molecule has 0 saturated heterocycles. The molecule has 0 spiro atoms. The molecule has 1 amide bonds. The van der Waals surface area contributed by atoms with Crippen LogP contribution in [0.1, 0.15) is 11.1 Å². The number of amides is 1. The second kappa shape index (κ2) is 7.45. The van der Waals surface area contributed by atoms with Crippen LogP contribution in [0.3, 0.4) is 0 Å². The van der Waals surface area contributed by atoms with Crippen molar-refractivity contribution in [3.63, 3.8) is 0 Å². The number of hydrogen-bond acceptors (Lipinski definition) is 2. The van der Waals surface area contributed by atoms with E-state index in [9.17, 15) is 4.79 Å². The van der Waals surface area contributed by atoms with Gasteiger partial charge in [-0.05, 0) is 12.5 Å². The van der Waals surface area contributed by atoms with Crippen LogP contribution in [0.15, 0.2) is 24.3 Å². The molecular formula is C13H18BrNO2. The highest BCUT2D eigenvalue weighted by Gasteiger charge is 2.11. The molecule has 0 radical (unpaired) electrons. The van der Waals surface area contributed by atoms with Gasteiger partial charge in [-0.1, -0.05) is 45.8 Å². The smallest absolute Gasteiger partial charge is 0.224 e. The molecule has 1 atom stereocenters. The van der Waals surface area contributed by atoms with E-state index in [2.05, 4.69) is 21.2 Å². The molecule has 0 aromatic heterocycles. The van der Waals surface area contributed by atoms with E-state index < -0.39 is 0 Å². The number of hydrogen-bond donors (Lipinski definition) is 1. The number of carbonyl (C=O) groups is 1. The first kappa shape index (κ1) is 14.2. The predicted octanol–water partition coefficient (Wildman–Crippen LogP) is 2.06. The zero-order valence-corrected chi connectivity index (χ0v) is 11.8. The van der Waals surface area contributed by atoms with Crippen LogP contribution in [-0.4, -0.2) is 31.0 Å². The molecule has 1 N–H and O–H groups in total. The standard InChI is InChI=1S/C13H18BrNO2/c1-10-4-3-5-11(6-10)7-13(16)15-12(8-14)9-17-2/h3-6,12H,7-9H2,1-2H3,(H,15,16). The molecule has 4 heteroatoms. The lowest BCUT2D eigenvalue weighted by molar-refractivity contribution is -0.121. The van der Waals surface area contributed by atoms with Crippen molar-refractivity contribution in [1.82, 2.24) is 5.32 Å². The van der Waals surface area contributed by atoms with Gasteiger partial charge in [0.15, 0.2) is 0 Å². The number of alkyl halides is 1. The normalized spacial score (nSPS) is 12.2. The molecule has 1 aromatic carbocycles. The van der Waals surface area contributed by atoms with Gasteiger partial charge in [-0.2, -0.15) is 0 Å². The summed E-state index contributed by atoms with van der Waals surface area (Å²) in [5.74, 6) is 0.0251. The molecular weight excluding hydrogens is 282 g/mol. The molecule has 0 aliphatic carbocycles. The number of methoxy groups -OCH3 is 1. The maximum atomic E-state index is 11.8. The van der Waals surface area contributed by atoms with Crippen LogP contribution in [0.25, 0.3) is 0 Å². The van der Waals surface area contributed by atoms with Gasteiger partial charge >= 0.3 is 0 Å². The minimum Gasteiger partial charge on any atom is -0.383 e. The van der Waals surface area contributed by atoms with Gasteiger partial charge in [-0.3, -0.25) is 4.79 Å². The zero-order chi connectivity index (χ0) is 12.7. The van der Waals surface area contributed by atoms with Crippen molar-refractivity contribution in [2.75, 3.05) is 19.0 Å². The largest absolute Gasteiger partial charge is 0.383 e. The van der Waals surface area contributed by atoms with Crippen molar-refractivity contribution in [2.24, 2.45) is 0 Å².